The fraction of sp³-hybridized carbons (Fsp3) is 0.333. The van der Waals surface area contributed by atoms with E-state index in [4.69, 9.17) is 14.4 Å². The monoisotopic (exact) mass is 273 g/mol. The van der Waals surface area contributed by atoms with Gasteiger partial charge in [0, 0.05) is 0 Å². The van der Waals surface area contributed by atoms with E-state index >= 15 is 0 Å². The molecular weight excluding hydrogens is 258 g/mol. The number of rotatable bonds is 4. The van der Waals surface area contributed by atoms with Gasteiger partial charge in [0.25, 0.3) is 0 Å². The minimum Gasteiger partial charge on any atom is -0.489 e. The molecule has 0 bridgehead atoms. The highest BCUT2D eigenvalue weighted by Crippen LogP contribution is 2.27. The maximum Gasteiger partial charge on any atom is 0.358 e. The Balaban J connectivity index is 1.77. The normalized spacial score (nSPS) is 13.2. The lowest BCUT2D eigenvalue weighted by molar-refractivity contribution is 0.0683. The van der Waals surface area contributed by atoms with Crippen molar-refractivity contribution >= 4 is 5.97 Å². The molecule has 5 nitrogen and oxygen atoms in total. The largest absolute Gasteiger partial charge is 0.489 e. The van der Waals surface area contributed by atoms with Crippen LogP contribution in [0.25, 0.3) is 0 Å². The van der Waals surface area contributed by atoms with Gasteiger partial charge in [0.1, 0.15) is 18.1 Å². The van der Waals surface area contributed by atoms with Crippen molar-refractivity contribution < 1.29 is 19.2 Å². The van der Waals surface area contributed by atoms with E-state index in [1.807, 2.05) is 12.1 Å². The smallest absolute Gasteiger partial charge is 0.358 e. The molecule has 1 aliphatic rings. The summed E-state index contributed by atoms with van der Waals surface area (Å²) in [4.78, 5) is 11.0. The molecule has 1 heterocycles. The fourth-order valence-corrected chi connectivity index (χ4v) is 2.52. The molecule has 5 heteroatoms. The molecular formula is C15H15NO4. The van der Waals surface area contributed by atoms with E-state index in [1.54, 1.807) is 6.92 Å². The molecule has 1 N–H and O–H groups in total. The van der Waals surface area contributed by atoms with E-state index in [0.717, 1.165) is 18.6 Å². The van der Waals surface area contributed by atoms with Gasteiger partial charge in [-0.3, -0.25) is 0 Å². The number of aromatic carboxylic acids is 1. The Morgan fingerprint density at radius 3 is 3.00 bits per heavy atom. The predicted octanol–water partition coefficient (Wildman–Crippen LogP) is 2.75. The molecule has 1 aromatic heterocycles. The number of benzene rings is 1. The summed E-state index contributed by atoms with van der Waals surface area (Å²) >= 11 is 0. The van der Waals surface area contributed by atoms with Gasteiger partial charge in [0.2, 0.25) is 0 Å². The Hall–Kier alpha value is -2.30. The number of hydrogen-bond donors (Lipinski definition) is 1. The molecule has 0 saturated carbocycles. The number of carboxylic acid groups (broad SMARTS) is 1. The number of hydrogen-bond acceptors (Lipinski definition) is 4. The summed E-state index contributed by atoms with van der Waals surface area (Å²) in [5.41, 5.74) is 3.11. The number of nitrogens with zero attached hydrogens (tertiary/aromatic N) is 1. The van der Waals surface area contributed by atoms with Gasteiger partial charge in [0.05, 0.1) is 5.56 Å². The van der Waals surface area contributed by atoms with E-state index in [2.05, 4.69) is 11.2 Å². The van der Waals surface area contributed by atoms with Gasteiger partial charge in [-0.15, -0.1) is 0 Å². The van der Waals surface area contributed by atoms with Gasteiger partial charge in [-0.05, 0) is 49.4 Å². The van der Waals surface area contributed by atoms with Crippen LogP contribution in [0.3, 0.4) is 0 Å². The first-order valence-corrected chi connectivity index (χ1v) is 6.58. The van der Waals surface area contributed by atoms with Crippen molar-refractivity contribution in [3.63, 3.8) is 0 Å². The van der Waals surface area contributed by atoms with Crippen LogP contribution in [-0.4, -0.2) is 16.2 Å². The van der Waals surface area contributed by atoms with Gasteiger partial charge in [-0.25, -0.2) is 4.79 Å². The Labute approximate surface area is 116 Å². The van der Waals surface area contributed by atoms with Crippen molar-refractivity contribution in [2.45, 2.75) is 32.8 Å². The number of fused-ring (bicyclic) bond motifs is 1. The van der Waals surface area contributed by atoms with E-state index in [0.29, 0.717) is 11.3 Å². The van der Waals surface area contributed by atoms with Gasteiger partial charge in [-0.2, -0.15) is 0 Å². The molecule has 3 rings (SSSR count). The number of aryl methyl sites for hydroxylation is 3. The average molecular weight is 273 g/mol. The van der Waals surface area contributed by atoms with E-state index < -0.39 is 5.97 Å². The second-order valence-electron chi connectivity index (χ2n) is 4.94. The molecule has 104 valence electrons. The molecule has 2 aromatic rings. The van der Waals surface area contributed by atoms with Crippen LogP contribution in [0.15, 0.2) is 22.7 Å². The predicted molar refractivity (Wildman–Crippen MR) is 71.0 cm³/mol. The SMILES string of the molecule is Cc1onc(C(=O)O)c1COc1ccc2c(c1)CCC2. The summed E-state index contributed by atoms with van der Waals surface area (Å²) in [5, 5.41) is 12.6. The van der Waals surface area contributed by atoms with Crippen LogP contribution in [-0.2, 0) is 19.4 Å². The standard InChI is InChI=1S/C15H15NO4/c1-9-13(14(15(17)18)16-20-9)8-19-12-6-5-10-3-2-4-11(10)7-12/h5-7H,2-4,8H2,1H3,(H,17,18). The highest BCUT2D eigenvalue weighted by atomic mass is 16.5. The summed E-state index contributed by atoms with van der Waals surface area (Å²) in [5.74, 6) is 0.126. The summed E-state index contributed by atoms with van der Waals surface area (Å²) in [6, 6.07) is 6.04. The summed E-state index contributed by atoms with van der Waals surface area (Å²) in [6.45, 7) is 1.83. The zero-order valence-corrected chi connectivity index (χ0v) is 11.2. The van der Waals surface area contributed by atoms with Crippen molar-refractivity contribution in [3.05, 3.63) is 46.3 Å². The Morgan fingerprint density at radius 2 is 2.20 bits per heavy atom. The molecule has 0 unspecified atom stereocenters. The van der Waals surface area contributed by atoms with Gasteiger partial charge >= 0.3 is 5.97 Å². The number of carbonyl (C=O) groups is 1. The highest BCUT2D eigenvalue weighted by Gasteiger charge is 2.19. The highest BCUT2D eigenvalue weighted by molar-refractivity contribution is 5.87. The van der Waals surface area contributed by atoms with E-state index in [9.17, 15) is 4.79 Å². The Morgan fingerprint density at radius 1 is 1.40 bits per heavy atom. The average Bonchev–Trinajstić information content (AvgIpc) is 3.02. The maximum atomic E-state index is 11.0. The lowest BCUT2D eigenvalue weighted by Crippen LogP contribution is -2.05. The Bertz CT molecular complexity index is 660. The lowest BCUT2D eigenvalue weighted by atomic mass is 10.1. The van der Waals surface area contributed by atoms with E-state index in [-0.39, 0.29) is 12.3 Å². The maximum absolute atomic E-state index is 11.0. The molecule has 0 amide bonds. The molecule has 0 atom stereocenters. The second kappa shape index (κ2) is 5.00. The Kier molecular flexibility index (Phi) is 3.18. The number of ether oxygens (including phenoxy) is 1. The van der Waals surface area contributed by atoms with E-state index in [1.165, 1.54) is 17.5 Å². The van der Waals surface area contributed by atoms with Gasteiger partial charge in [-0.1, -0.05) is 11.2 Å². The third kappa shape index (κ3) is 2.27. The summed E-state index contributed by atoms with van der Waals surface area (Å²) in [6.07, 6.45) is 3.40. The molecule has 1 aliphatic carbocycles. The second-order valence-corrected chi connectivity index (χ2v) is 4.94. The zero-order valence-electron chi connectivity index (χ0n) is 11.2. The first-order valence-electron chi connectivity index (χ1n) is 6.58. The van der Waals surface area contributed by atoms with Crippen molar-refractivity contribution in [1.29, 1.82) is 0 Å². The van der Waals surface area contributed by atoms with Gasteiger partial charge in [0.15, 0.2) is 5.69 Å². The van der Waals surface area contributed by atoms with Crippen LogP contribution in [0.4, 0.5) is 0 Å². The summed E-state index contributed by atoms with van der Waals surface area (Å²) < 4.78 is 10.6. The molecule has 20 heavy (non-hydrogen) atoms. The van der Waals surface area contributed by atoms with Crippen molar-refractivity contribution in [3.8, 4) is 5.75 Å². The van der Waals surface area contributed by atoms with Gasteiger partial charge < -0.3 is 14.4 Å². The first-order chi connectivity index (χ1) is 9.65. The first kappa shape index (κ1) is 12.7. The third-order valence-electron chi connectivity index (χ3n) is 3.64. The van der Waals surface area contributed by atoms with Crippen LogP contribution < -0.4 is 4.74 Å². The van der Waals surface area contributed by atoms with Crippen molar-refractivity contribution in [1.82, 2.24) is 5.16 Å². The van der Waals surface area contributed by atoms with Crippen LogP contribution in [0, 0.1) is 6.92 Å². The quantitative estimate of drug-likeness (QED) is 0.927. The lowest BCUT2D eigenvalue weighted by Gasteiger charge is -2.07. The van der Waals surface area contributed by atoms with Crippen molar-refractivity contribution in [2.75, 3.05) is 0 Å². The third-order valence-corrected chi connectivity index (χ3v) is 3.64. The summed E-state index contributed by atoms with van der Waals surface area (Å²) in [7, 11) is 0. The van der Waals surface area contributed by atoms with Crippen LogP contribution in [0.2, 0.25) is 0 Å². The minimum absolute atomic E-state index is 0.0799. The topological polar surface area (TPSA) is 72.6 Å². The molecule has 0 spiro atoms. The molecule has 0 radical (unpaired) electrons. The van der Waals surface area contributed by atoms with Crippen LogP contribution in [0.1, 0.15) is 39.4 Å². The molecule has 0 aliphatic heterocycles. The minimum atomic E-state index is -1.10. The van der Waals surface area contributed by atoms with Crippen molar-refractivity contribution in [2.24, 2.45) is 0 Å². The molecule has 0 fully saturated rings. The number of aromatic nitrogens is 1. The van der Waals surface area contributed by atoms with Crippen LogP contribution >= 0.6 is 0 Å². The molecule has 0 saturated heterocycles. The number of carboxylic acids is 1. The zero-order chi connectivity index (χ0) is 14.1. The van der Waals surface area contributed by atoms with Crippen LogP contribution in [0.5, 0.6) is 5.75 Å². The fourth-order valence-electron chi connectivity index (χ4n) is 2.52. The molecule has 1 aromatic carbocycles.